The zero-order chi connectivity index (χ0) is 12.5. The van der Waals surface area contributed by atoms with E-state index >= 15 is 0 Å². The number of carbonyl (C=O) groups excluding carboxylic acids is 1. The molecule has 2 rings (SSSR count). The van der Waals surface area contributed by atoms with Gasteiger partial charge >= 0.3 is 6.09 Å². The van der Waals surface area contributed by atoms with Gasteiger partial charge in [0, 0.05) is 13.0 Å². The Morgan fingerprint density at radius 1 is 1.53 bits per heavy atom. The van der Waals surface area contributed by atoms with Crippen molar-refractivity contribution in [2.45, 2.75) is 50.9 Å². The van der Waals surface area contributed by atoms with Crippen LogP contribution in [0.2, 0.25) is 0 Å². The van der Waals surface area contributed by atoms with Crippen LogP contribution in [-0.2, 0) is 14.2 Å². The summed E-state index contributed by atoms with van der Waals surface area (Å²) in [6.07, 6.45) is 1.54. The molecule has 0 aromatic heterocycles. The van der Waals surface area contributed by atoms with E-state index < -0.39 is 5.60 Å². The summed E-state index contributed by atoms with van der Waals surface area (Å²) >= 11 is 0. The molecule has 0 saturated carbocycles. The molecule has 2 saturated heterocycles. The second-order valence-electron chi connectivity index (χ2n) is 5.87. The van der Waals surface area contributed by atoms with Gasteiger partial charge < -0.3 is 19.5 Å². The van der Waals surface area contributed by atoms with Gasteiger partial charge in [0.1, 0.15) is 5.60 Å². The summed E-state index contributed by atoms with van der Waals surface area (Å²) in [5.41, 5.74) is -0.773. The monoisotopic (exact) mass is 243 g/mol. The molecular formula is C12H21NO4. The van der Waals surface area contributed by atoms with E-state index in [9.17, 15) is 4.79 Å². The third-order valence-corrected chi connectivity index (χ3v) is 2.89. The first-order valence-corrected chi connectivity index (χ1v) is 6.09. The number of alkyl carbamates (subject to hydrolysis) is 1. The molecule has 2 unspecified atom stereocenters. The molecule has 0 aromatic rings. The number of epoxide rings is 1. The molecule has 2 atom stereocenters. The summed E-state index contributed by atoms with van der Waals surface area (Å²) in [6, 6.07) is 0. The van der Waals surface area contributed by atoms with Crippen molar-refractivity contribution in [1.82, 2.24) is 5.32 Å². The molecule has 0 aromatic carbocycles. The molecule has 5 heteroatoms. The molecule has 0 spiro atoms. The van der Waals surface area contributed by atoms with Crippen LogP contribution in [0.3, 0.4) is 0 Å². The molecule has 1 amide bonds. The van der Waals surface area contributed by atoms with Gasteiger partial charge in [-0.15, -0.1) is 0 Å². The van der Waals surface area contributed by atoms with Crippen LogP contribution in [-0.4, -0.2) is 43.2 Å². The molecular weight excluding hydrogens is 222 g/mol. The fourth-order valence-corrected chi connectivity index (χ4v) is 2.06. The summed E-state index contributed by atoms with van der Waals surface area (Å²) in [7, 11) is 0. The van der Waals surface area contributed by atoms with E-state index in [1.165, 1.54) is 0 Å². The van der Waals surface area contributed by atoms with Crippen LogP contribution in [0.4, 0.5) is 4.79 Å². The van der Waals surface area contributed by atoms with Gasteiger partial charge in [-0.25, -0.2) is 4.79 Å². The summed E-state index contributed by atoms with van der Waals surface area (Å²) in [5.74, 6) is 0. The topological polar surface area (TPSA) is 60.1 Å². The van der Waals surface area contributed by atoms with Gasteiger partial charge in [0.2, 0.25) is 0 Å². The van der Waals surface area contributed by atoms with Crippen molar-refractivity contribution in [3.05, 3.63) is 0 Å². The van der Waals surface area contributed by atoms with E-state index in [1.54, 1.807) is 0 Å². The van der Waals surface area contributed by atoms with Crippen molar-refractivity contribution >= 4 is 6.09 Å². The smallest absolute Gasteiger partial charge is 0.408 e. The standard InChI is InChI=1S/C12H21NO4/c1-11(2,3)17-10(14)13-12(4-5-15-8-12)6-9-7-16-9/h9H,4-8H2,1-3H3,(H,13,14). The average molecular weight is 243 g/mol. The third-order valence-electron chi connectivity index (χ3n) is 2.89. The van der Waals surface area contributed by atoms with Crippen LogP contribution in [0.25, 0.3) is 0 Å². The minimum atomic E-state index is -0.471. The Balaban J connectivity index is 1.90. The van der Waals surface area contributed by atoms with E-state index in [1.807, 2.05) is 20.8 Å². The fraction of sp³-hybridized carbons (Fsp3) is 0.917. The molecule has 2 aliphatic rings. The predicted octanol–water partition coefficient (Wildman–Crippen LogP) is 1.46. The number of amides is 1. The van der Waals surface area contributed by atoms with Crippen molar-refractivity contribution in [1.29, 1.82) is 0 Å². The Morgan fingerprint density at radius 2 is 2.24 bits per heavy atom. The molecule has 2 aliphatic heterocycles. The summed E-state index contributed by atoms with van der Waals surface area (Å²) < 4.78 is 15.9. The quantitative estimate of drug-likeness (QED) is 0.762. The highest BCUT2D eigenvalue weighted by Gasteiger charge is 2.42. The van der Waals surface area contributed by atoms with Crippen LogP contribution in [0.5, 0.6) is 0 Å². The van der Waals surface area contributed by atoms with Crippen molar-refractivity contribution in [3.63, 3.8) is 0 Å². The zero-order valence-corrected chi connectivity index (χ0v) is 10.7. The maximum Gasteiger partial charge on any atom is 0.408 e. The Labute approximate surface area is 102 Å². The maximum atomic E-state index is 11.8. The van der Waals surface area contributed by atoms with Crippen LogP contribution in [0, 0.1) is 0 Å². The highest BCUT2D eigenvalue weighted by Crippen LogP contribution is 2.30. The highest BCUT2D eigenvalue weighted by atomic mass is 16.6. The Morgan fingerprint density at radius 3 is 2.71 bits per heavy atom. The number of nitrogens with one attached hydrogen (secondary N) is 1. The normalized spacial score (nSPS) is 32.3. The molecule has 17 heavy (non-hydrogen) atoms. The number of ether oxygens (including phenoxy) is 3. The summed E-state index contributed by atoms with van der Waals surface area (Å²) in [4.78, 5) is 11.8. The van der Waals surface area contributed by atoms with E-state index in [-0.39, 0.29) is 17.7 Å². The van der Waals surface area contributed by atoms with Crippen molar-refractivity contribution in [3.8, 4) is 0 Å². The number of hydrogen-bond donors (Lipinski definition) is 1. The summed E-state index contributed by atoms with van der Waals surface area (Å²) in [5, 5.41) is 2.95. The van der Waals surface area contributed by atoms with E-state index in [0.717, 1.165) is 19.4 Å². The predicted molar refractivity (Wildman–Crippen MR) is 61.9 cm³/mol. The van der Waals surface area contributed by atoms with Crippen molar-refractivity contribution in [2.24, 2.45) is 0 Å². The summed E-state index contributed by atoms with van der Waals surface area (Å²) in [6.45, 7) is 7.59. The number of carbonyl (C=O) groups is 1. The van der Waals surface area contributed by atoms with Gasteiger partial charge in [-0.3, -0.25) is 0 Å². The first-order valence-electron chi connectivity index (χ1n) is 6.09. The van der Waals surface area contributed by atoms with Gasteiger partial charge in [-0.1, -0.05) is 0 Å². The lowest BCUT2D eigenvalue weighted by molar-refractivity contribution is 0.0428. The van der Waals surface area contributed by atoms with Crippen molar-refractivity contribution in [2.75, 3.05) is 19.8 Å². The first kappa shape index (κ1) is 12.6. The van der Waals surface area contributed by atoms with Gasteiger partial charge in [0.25, 0.3) is 0 Å². The molecule has 0 bridgehead atoms. The molecule has 2 heterocycles. The maximum absolute atomic E-state index is 11.8. The van der Waals surface area contributed by atoms with Crippen LogP contribution in [0.15, 0.2) is 0 Å². The van der Waals surface area contributed by atoms with Crippen molar-refractivity contribution < 1.29 is 19.0 Å². The third kappa shape index (κ3) is 3.85. The second kappa shape index (κ2) is 4.46. The lowest BCUT2D eigenvalue weighted by Gasteiger charge is -2.30. The average Bonchev–Trinajstić information content (AvgIpc) is 2.82. The molecule has 2 fully saturated rings. The number of rotatable bonds is 3. The lowest BCUT2D eigenvalue weighted by atomic mass is 9.93. The molecule has 0 radical (unpaired) electrons. The Hall–Kier alpha value is -0.810. The Bertz CT molecular complexity index is 287. The minimum Gasteiger partial charge on any atom is -0.444 e. The lowest BCUT2D eigenvalue weighted by Crippen LogP contribution is -2.51. The fourth-order valence-electron chi connectivity index (χ4n) is 2.06. The van der Waals surface area contributed by atoms with Crippen LogP contribution >= 0.6 is 0 Å². The van der Waals surface area contributed by atoms with E-state index in [2.05, 4.69) is 5.32 Å². The molecule has 1 N–H and O–H groups in total. The molecule has 5 nitrogen and oxygen atoms in total. The Kier molecular flexibility index (Phi) is 3.32. The molecule has 98 valence electrons. The SMILES string of the molecule is CC(C)(C)OC(=O)NC1(CC2CO2)CCOC1. The van der Waals surface area contributed by atoms with Gasteiger partial charge in [0.15, 0.2) is 0 Å². The number of hydrogen-bond acceptors (Lipinski definition) is 4. The van der Waals surface area contributed by atoms with Crippen LogP contribution in [0.1, 0.15) is 33.6 Å². The zero-order valence-electron chi connectivity index (χ0n) is 10.7. The van der Waals surface area contributed by atoms with E-state index in [4.69, 9.17) is 14.2 Å². The van der Waals surface area contributed by atoms with Gasteiger partial charge in [-0.2, -0.15) is 0 Å². The molecule has 0 aliphatic carbocycles. The van der Waals surface area contributed by atoms with E-state index in [0.29, 0.717) is 13.2 Å². The highest BCUT2D eigenvalue weighted by molar-refractivity contribution is 5.69. The minimum absolute atomic E-state index is 0.270. The van der Waals surface area contributed by atoms with Gasteiger partial charge in [0.05, 0.1) is 24.9 Å². The van der Waals surface area contributed by atoms with Crippen LogP contribution < -0.4 is 5.32 Å². The van der Waals surface area contributed by atoms with Gasteiger partial charge in [-0.05, 0) is 27.2 Å². The first-order chi connectivity index (χ1) is 7.89. The second-order valence-corrected chi connectivity index (χ2v) is 5.87. The largest absolute Gasteiger partial charge is 0.444 e.